The number of hydrogen-bond acceptors (Lipinski definition) is 5. The van der Waals surface area contributed by atoms with Gasteiger partial charge in [-0.1, -0.05) is 0 Å². The fraction of sp³-hybridized carbons (Fsp3) is 0.548. The van der Waals surface area contributed by atoms with Crippen molar-refractivity contribution in [2.45, 2.75) is 58.8 Å². The predicted molar refractivity (Wildman–Crippen MR) is 157 cm³/mol. The summed E-state index contributed by atoms with van der Waals surface area (Å²) in [6.07, 6.45) is 12.9. The van der Waals surface area contributed by atoms with Gasteiger partial charge < -0.3 is 14.4 Å². The van der Waals surface area contributed by atoms with Crippen LogP contribution >= 0.6 is 0 Å². The molecule has 7 nitrogen and oxygen atoms in total. The molecule has 2 saturated heterocycles. The van der Waals surface area contributed by atoms with Gasteiger partial charge in [-0.25, -0.2) is 4.39 Å². The van der Waals surface area contributed by atoms with Crippen LogP contribution in [-0.2, 0) is 29.1 Å². The summed E-state index contributed by atoms with van der Waals surface area (Å²) in [5.74, 6) is 1.24. The zero-order valence-corrected chi connectivity index (χ0v) is 24.5. The van der Waals surface area contributed by atoms with Gasteiger partial charge in [0.25, 0.3) is 0 Å². The molecule has 2 aromatic heterocycles. The lowest BCUT2D eigenvalue weighted by molar-refractivity contribution is -0.130. The molecule has 1 atom stereocenters. The van der Waals surface area contributed by atoms with Crippen LogP contribution < -0.4 is 0 Å². The molecule has 2 aliphatic rings. The van der Waals surface area contributed by atoms with E-state index in [1.54, 1.807) is 13.0 Å². The number of halogens is 1. The third kappa shape index (κ3) is 6.69. The number of carbonyl (C=O) groups is 1. The summed E-state index contributed by atoms with van der Waals surface area (Å²) in [5, 5.41) is 1.26. The number of likely N-dealkylation sites (tertiary alicyclic amines) is 2. The van der Waals surface area contributed by atoms with Crippen molar-refractivity contribution in [3.8, 4) is 5.69 Å². The Morgan fingerprint density at radius 2 is 1.90 bits per heavy atom. The average Bonchev–Trinajstić information content (AvgIpc) is 3.54. The highest BCUT2D eigenvalue weighted by atomic mass is 32.1. The molecule has 0 saturated carbocycles. The first kappa shape index (κ1) is 28.6. The minimum absolute atomic E-state index is 0.197. The van der Waals surface area contributed by atoms with Crippen molar-refractivity contribution in [1.82, 2.24) is 19.4 Å². The Morgan fingerprint density at radius 1 is 1.10 bits per heavy atom. The molecular weight excluding hydrogens is 525 g/mol. The normalized spacial score (nSPS) is 18.5. The van der Waals surface area contributed by atoms with Crippen LogP contribution in [0.25, 0.3) is 16.6 Å². The number of unbranched alkanes of at least 4 members (excludes halogenated alkanes) is 1. The fourth-order valence-corrected chi connectivity index (χ4v) is 6.87. The summed E-state index contributed by atoms with van der Waals surface area (Å²) in [7, 11) is 0. The van der Waals surface area contributed by atoms with Gasteiger partial charge in [0.2, 0.25) is 5.91 Å². The number of piperidine rings is 1. The van der Waals surface area contributed by atoms with E-state index < -0.39 is 0 Å². The maximum absolute atomic E-state index is 14.3. The summed E-state index contributed by atoms with van der Waals surface area (Å²) >= 11 is 0.266. The Hall–Kier alpha value is -2.91. The molecule has 9 heteroatoms. The molecule has 0 spiro atoms. The number of rotatable bonds is 10. The second-order valence-electron chi connectivity index (χ2n) is 11.6. The van der Waals surface area contributed by atoms with Gasteiger partial charge in [-0.3, -0.25) is 9.78 Å². The molecule has 40 heavy (non-hydrogen) atoms. The van der Waals surface area contributed by atoms with Crippen molar-refractivity contribution in [3.63, 3.8) is 0 Å². The standard InChI is InChI=1S/C31H40FN5O2S/c1-22-17-33-18-30-31(22)27(15-25-8-12-35(20-25)19-24-9-13-36(14-10-24)23(2)38)21-37(30)29-7-6-28(32)16-26(29)5-3-4-11-34-40-39/h6-7,16-18,21,24-25H,3-5,8-15,19-20H2,1-2H3/t25-/m1/s1. The molecule has 5 rings (SSSR count). The fourth-order valence-electron chi connectivity index (χ4n) is 6.67. The van der Waals surface area contributed by atoms with Crippen molar-refractivity contribution in [3.05, 3.63) is 59.3 Å². The molecular formula is C31H40FN5O2S. The quantitative estimate of drug-likeness (QED) is 0.312. The summed E-state index contributed by atoms with van der Waals surface area (Å²) in [6, 6.07) is 5.05. The SMILES string of the molecule is CC(=O)N1CCC(CN2CC[C@H](Cc3cn(-c4ccc(F)cc4CCCCN=S=O)c4cncc(C)c34)C2)CC1. The Kier molecular flexibility index (Phi) is 9.42. The number of hydrogen-bond donors (Lipinski definition) is 0. The van der Waals surface area contributed by atoms with Crippen LogP contribution in [0, 0.1) is 24.6 Å². The number of aromatic nitrogens is 2. The number of carbonyl (C=O) groups excluding carboxylic acids is 1. The van der Waals surface area contributed by atoms with Gasteiger partial charge in [-0.15, -0.1) is 0 Å². The van der Waals surface area contributed by atoms with Crippen LogP contribution in [0.1, 0.15) is 55.7 Å². The van der Waals surface area contributed by atoms with Crippen LogP contribution in [-0.4, -0.2) is 68.7 Å². The van der Waals surface area contributed by atoms with Crippen molar-refractivity contribution < 1.29 is 13.4 Å². The van der Waals surface area contributed by atoms with E-state index in [0.29, 0.717) is 18.4 Å². The van der Waals surface area contributed by atoms with Crippen molar-refractivity contribution in [2.75, 3.05) is 39.3 Å². The molecule has 4 heterocycles. The maximum atomic E-state index is 14.3. The van der Waals surface area contributed by atoms with Gasteiger partial charge in [0.05, 0.1) is 18.3 Å². The highest BCUT2D eigenvalue weighted by Gasteiger charge is 2.28. The lowest BCUT2D eigenvalue weighted by Gasteiger charge is -2.33. The second-order valence-corrected chi connectivity index (χ2v) is 12.0. The van der Waals surface area contributed by atoms with E-state index in [1.165, 1.54) is 29.0 Å². The van der Waals surface area contributed by atoms with Gasteiger partial charge in [-0.05, 0) is 105 Å². The first-order valence-corrected chi connectivity index (χ1v) is 15.3. The molecule has 1 amide bonds. The van der Waals surface area contributed by atoms with E-state index in [-0.39, 0.29) is 23.2 Å². The van der Waals surface area contributed by atoms with Crippen LogP contribution in [0.2, 0.25) is 0 Å². The molecule has 0 N–H and O–H groups in total. The molecule has 214 valence electrons. The summed E-state index contributed by atoms with van der Waals surface area (Å²) in [5.41, 5.74) is 5.51. The van der Waals surface area contributed by atoms with E-state index in [0.717, 1.165) is 88.0 Å². The Balaban J connectivity index is 1.31. The number of benzene rings is 1. The lowest BCUT2D eigenvalue weighted by atomic mass is 9.96. The average molecular weight is 566 g/mol. The van der Waals surface area contributed by atoms with E-state index in [2.05, 4.69) is 31.9 Å². The molecule has 0 bridgehead atoms. The molecule has 3 aromatic rings. The zero-order chi connectivity index (χ0) is 28.1. The van der Waals surface area contributed by atoms with Crippen LogP contribution in [0.5, 0.6) is 0 Å². The van der Waals surface area contributed by atoms with E-state index in [1.807, 2.05) is 23.4 Å². The summed E-state index contributed by atoms with van der Waals surface area (Å²) < 4.78 is 30.8. The minimum Gasteiger partial charge on any atom is -0.343 e. The van der Waals surface area contributed by atoms with Crippen LogP contribution in [0.4, 0.5) is 4.39 Å². The van der Waals surface area contributed by atoms with Crippen molar-refractivity contribution in [2.24, 2.45) is 16.2 Å². The monoisotopic (exact) mass is 565 g/mol. The third-order valence-corrected chi connectivity index (χ3v) is 9.02. The molecule has 2 aliphatic heterocycles. The van der Waals surface area contributed by atoms with Gasteiger partial charge in [0.1, 0.15) is 5.82 Å². The van der Waals surface area contributed by atoms with E-state index in [9.17, 15) is 13.4 Å². The predicted octanol–water partition coefficient (Wildman–Crippen LogP) is 5.32. The van der Waals surface area contributed by atoms with Crippen molar-refractivity contribution >= 4 is 28.3 Å². The first-order valence-electron chi connectivity index (χ1n) is 14.6. The highest BCUT2D eigenvalue weighted by Crippen LogP contribution is 2.33. The minimum atomic E-state index is -0.234. The number of pyridine rings is 1. The molecule has 1 aromatic carbocycles. The maximum Gasteiger partial charge on any atom is 0.219 e. The van der Waals surface area contributed by atoms with Crippen LogP contribution in [0.15, 0.2) is 41.2 Å². The second kappa shape index (κ2) is 13.2. The molecule has 0 radical (unpaired) electrons. The van der Waals surface area contributed by atoms with Crippen molar-refractivity contribution in [1.29, 1.82) is 0 Å². The zero-order valence-electron chi connectivity index (χ0n) is 23.6. The van der Waals surface area contributed by atoms with Crippen LogP contribution in [0.3, 0.4) is 0 Å². The number of nitrogens with zero attached hydrogens (tertiary/aromatic N) is 5. The highest BCUT2D eigenvalue weighted by molar-refractivity contribution is 7.54. The third-order valence-electron chi connectivity index (χ3n) is 8.74. The number of fused-ring (bicyclic) bond motifs is 1. The molecule has 0 unspecified atom stereocenters. The summed E-state index contributed by atoms with van der Waals surface area (Å²) in [6.45, 7) is 9.48. The Labute approximate surface area is 240 Å². The topological polar surface area (TPSA) is 70.8 Å². The Bertz CT molecular complexity index is 1390. The summed E-state index contributed by atoms with van der Waals surface area (Å²) in [4.78, 5) is 20.8. The smallest absolute Gasteiger partial charge is 0.219 e. The van der Waals surface area contributed by atoms with Gasteiger partial charge >= 0.3 is 0 Å². The number of aryl methyl sites for hydroxylation is 2. The lowest BCUT2D eigenvalue weighted by Crippen LogP contribution is -2.40. The Morgan fingerprint density at radius 3 is 2.67 bits per heavy atom. The van der Waals surface area contributed by atoms with E-state index in [4.69, 9.17) is 0 Å². The van der Waals surface area contributed by atoms with Gasteiger partial charge in [0, 0.05) is 56.6 Å². The number of amides is 1. The molecule has 0 aliphatic carbocycles. The molecule has 2 fully saturated rings. The van der Waals surface area contributed by atoms with Gasteiger partial charge in [0.15, 0.2) is 11.5 Å². The van der Waals surface area contributed by atoms with Gasteiger partial charge in [-0.2, -0.15) is 8.57 Å². The van der Waals surface area contributed by atoms with E-state index >= 15 is 0 Å². The first-order chi connectivity index (χ1) is 19.4. The largest absolute Gasteiger partial charge is 0.343 e.